The Bertz CT molecular complexity index is 1360. The number of amides is 2. The van der Waals surface area contributed by atoms with Crippen LogP contribution in [0.1, 0.15) is 38.3 Å². The molecule has 0 aliphatic rings. The molecule has 3 rings (SSSR count). The Balaban J connectivity index is 2.10. The van der Waals surface area contributed by atoms with Crippen molar-refractivity contribution in [3.63, 3.8) is 0 Å². The van der Waals surface area contributed by atoms with E-state index in [9.17, 15) is 18.0 Å². The predicted molar refractivity (Wildman–Crippen MR) is 153 cm³/mol. The molecule has 9 heteroatoms. The Kier molecular flexibility index (Phi) is 10.5. The molecule has 0 fully saturated rings. The Labute approximate surface area is 231 Å². The molecule has 3 aromatic carbocycles. The third-order valence-corrected chi connectivity index (χ3v) is 7.99. The number of benzene rings is 3. The highest BCUT2D eigenvalue weighted by atomic mass is 32.2. The third kappa shape index (κ3) is 7.38. The van der Waals surface area contributed by atoms with Gasteiger partial charge in [0, 0.05) is 13.1 Å². The summed E-state index contributed by atoms with van der Waals surface area (Å²) in [6, 6.07) is 21.6. The summed E-state index contributed by atoms with van der Waals surface area (Å²) < 4.78 is 34.7. The molecule has 3 aromatic rings. The number of likely N-dealkylation sites (N-methyl/N-ethyl adjacent to an activating group) is 1. The van der Waals surface area contributed by atoms with Crippen LogP contribution in [-0.2, 0) is 26.2 Å². The molecule has 0 aliphatic carbocycles. The van der Waals surface area contributed by atoms with Gasteiger partial charge in [0.15, 0.2) is 0 Å². The lowest BCUT2D eigenvalue weighted by Gasteiger charge is -2.33. The van der Waals surface area contributed by atoms with Gasteiger partial charge in [-0.1, -0.05) is 67.1 Å². The van der Waals surface area contributed by atoms with Crippen molar-refractivity contribution < 1.29 is 22.7 Å². The summed E-state index contributed by atoms with van der Waals surface area (Å²) in [5.41, 5.74) is 2.11. The van der Waals surface area contributed by atoms with Gasteiger partial charge in [-0.05, 0) is 57.0 Å². The zero-order valence-corrected chi connectivity index (χ0v) is 23.8. The second-order valence-corrected chi connectivity index (χ2v) is 10.9. The van der Waals surface area contributed by atoms with Gasteiger partial charge in [-0.3, -0.25) is 13.9 Å². The molecule has 0 heterocycles. The fraction of sp³-hybridized carbons (Fsp3) is 0.333. The van der Waals surface area contributed by atoms with Crippen LogP contribution in [0.15, 0.2) is 83.8 Å². The van der Waals surface area contributed by atoms with Crippen LogP contribution in [0.25, 0.3) is 0 Å². The highest BCUT2D eigenvalue weighted by molar-refractivity contribution is 7.92. The lowest BCUT2D eigenvalue weighted by Crippen LogP contribution is -2.52. The minimum absolute atomic E-state index is 0.0464. The van der Waals surface area contributed by atoms with Gasteiger partial charge in [0.1, 0.15) is 18.3 Å². The quantitative estimate of drug-likeness (QED) is 0.337. The normalized spacial score (nSPS) is 11.9. The van der Waals surface area contributed by atoms with E-state index in [1.807, 2.05) is 45.0 Å². The van der Waals surface area contributed by atoms with E-state index in [2.05, 4.69) is 5.32 Å². The number of para-hydroxylation sites is 2. The molecular formula is C30H37N3O5S. The summed E-state index contributed by atoms with van der Waals surface area (Å²) in [6.07, 6.45) is 0.365. The van der Waals surface area contributed by atoms with Crippen LogP contribution in [0.2, 0.25) is 0 Å². The number of sulfonamides is 1. The largest absolute Gasteiger partial charge is 0.492 e. The standard InChI is InChI=1S/C30H37N3O5S/c1-5-26(30(35)31-6-2)32(21-24-15-13-14-23(4)20-24)29(34)22-33(27-18-11-12-19-28(27)38-7-3)39(36,37)25-16-9-8-10-17-25/h8-20,26H,5-7,21-22H2,1-4H3,(H,31,35)/t26-/m1/s1. The van der Waals surface area contributed by atoms with E-state index < -0.39 is 28.5 Å². The molecule has 208 valence electrons. The van der Waals surface area contributed by atoms with Gasteiger partial charge in [0.25, 0.3) is 10.0 Å². The minimum Gasteiger partial charge on any atom is -0.492 e. The van der Waals surface area contributed by atoms with Crippen molar-refractivity contribution in [2.45, 2.75) is 51.6 Å². The van der Waals surface area contributed by atoms with E-state index in [0.29, 0.717) is 25.3 Å². The van der Waals surface area contributed by atoms with E-state index in [4.69, 9.17) is 4.74 Å². The van der Waals surface area contributed by atoms with Gasteiger partial charge in [-0.25, -0.2) is 8.42 Å². The minimum atomic E-state index is -4.16. The van der Waals surface area contributed by atoms with E-state index in [1.165, 1.54) is 17.0 Å². The van der Waals surface area contributed by atoms with Gasteiger partial charge in [-0.2, -0.15) is 0 Å². The molecule has 0 saturated carbocycles. The first kappa shape index (κ1) is 29.7. The highest BCUT2D eigenvalue weighted by Crippen LogP contribution is 2.33. The lowest BCUT2D eigenvalue weighted by molar-refractivity contribution is -0.140. The summed E-state index contributed by atoms with van der Waals surface area (Å²) in [4.78, 5) is 28.6. The first-order valence-corrected chi connectivity index (χ1v) is 14.6. The predicted octanol–water partition coefficient (Wildman–Crippen LogP) is 4.53. The number of hydrogen-bond acceptors (Lipinski definition) is 5. The molecule has 0 unspecified atom stereocenters. The number of nitrogens with one attached hydrogen (secondary N) is 1. The Morgan fingerprint density at radius 1 is 0.923 bits per heavy atom. The molecule has 39 heavy (non-hydrogen) atoms. The van der Waals surface area contributed by atoms with Crippen molar-refractivity contribution in [1.82, 2.24) is 10.2 Å². The van der Waals surface area contributed by atoms with Crippen molar-refractivity contribution in [1.29, 1.82) is 0 Å². The first-order valence-electron chi connectivity index (χ1n) is 13.1. The van der Waals surface area contributed by atoms with Crippen LogP contribution in [0, 0.1) is 6.92 Å². The molecule has 0 aromatic heterocycles. The van der Waals surface area contributed by atoms with E-state index >= 15 is 0 Å². The number of anilines is 1. The van der Waals surface area contributed by atoms with Gasteiger partial charge in [0.05, 0.1) is 17.2 Å². The average Bonchev–Trinajstić information content (AvgIpc) is 2.93. The SMILES string of the molecule is CCNC(=O)[C@@H](CC)N(Cc1cccc(C)c1)C(=O)CN(c1ccccc1OCC)S(=O)(=O)c1ccccc1. The van der Waals surface area contributed by atoms with Crippen LogP contribution in [0.5, 0.6) is 5.75 Å². The molecule has 0 spiro atoms. The number of hydrogen-bond donors (Lipinski definition) is 1. The second-order valence-electron chi connectivity index (χ2n) is 9.05. The van der Waals surface area contributed by atoms with Crippen molar-refractivity contribution in [2.24, 2.45) is 0 Å². The highest BCUT2D eigenvalue weighted by Gasteiger charge is 2.34. The van der Waals surface area contributed by atoms with Crippen molar-refractivity contribution in [2.75, 3.05) is 24.0 Å². The van der Waals surface area contributed by atoms with E-state index in [1.54, 1.807) is 49.4 Å². The Morgan fingerprint density at radius 2 is 1.62 bits per heavy atom. The first-order chi connectivity index (χ1) is 18.7. The third-order valence-electron chi connectivity index (χ3n) is 6.22. The zero-order valence-electron chi connectivity index (χ0n) is 23.0. The lowest BCUT2D eigenvalue weighted by atomic mass is 10.1. The Morgan fingerprint density at radius 3 is 2.26 bits per heavy atom. The number of ether oxygens (including phenoxy) is 1. The summed E-state index contributed by atoms with van der Waals surface area (Å²) in [5, 5.41) is 2.81. The van der Waals surface area contributed by atoms with Crippen molar-refractivity contribution in [3.8, 4) is 5.75 Å². The molecule has 8 nitrogen and oxygen atoms in total. The Hall–Kier alpha value is -3.85. The van der Waals surface area contributed by atoms with E-state index in [-0.39, 0.29) is 23.0 Å². The van der Waals surface area contributed by atoms with Gasteiger partial charge < -0.3 is 15.0 Å². The van der Waals surface area contributed by atoms with Crippen molar-refractivity contribution in [3.05, 3.63) is 90.0 Å². The van der Waals surface area contributed by atoms with Gasteiger partial charge >= 0.3 is 0 Å². The van der Waals surface area contributed by atoms with Crippen LogP contribution in [-0.4, -0.2) is 50.9 Å². The van der Waals surface area contributed by atoms with Gasteiger partial charge in [0.2, 0.25) is 11.8 Å². The smallest absolute Gasteiger partial charge is 0.264 e. The van der Waals surface area contributed by atoms with Crippen LogP contribution >= 0.6 is 0 Å². The van der Waals surface area contributed by atoms with E-state index in [0.717, 1.165) is 15.4 Å². The maximum atomic E-state index is 14.1. The fourth-order valence-corrected chi connectivity index (χ4v) is 5.84. The average molecular weight is 552 g/mol. The molecular weight excluding hydrogens is 514 g/mol. The summed E-state index contributed by atoms with van der Waals surface area (Å²) in [6.45, 7) is 7.78. The number of carbonyl (C=O) groups excluding carboxylic acids is 2. The van der Waals surface area contributed by atoms with Crippen LogP contribution in [0.4, 0.5) is 5.69 Å². The molecule has 0 saturated heterocycles. The molecule has 1 atom stereocenters. The zero-order chi connectivity index (χ0) is 28.4. The second kappa shape index (κ2) is 13.8. The number of aryl methyl sites for hydroxylation is 1. The van der Waals surface area contributed by atoms with Crippen molar-refractivity contribution >= 4 is 27.5 Å². The van der Waals surface area contributed by atoms with Crippen LogP contribution < -0.4 is 14.4 Å². The molecule has 0 bridgehead atoms. The molecule has 2 amide bonds. The maximum Gasteiger partial charge on any atom is 0.264 e. The summed E-state index contributed by atoms with van der Waals surface area (Å²) in [7, 11) is -4.16. The monoisotopic (exact) mass is 551 g/mol. The number of carbonyl (C=O) groups is 2. The number of nitrogens with zero attached hydrogens (tertiary/aromatic N) is 2. The molecule has 0 radical (unpaired) electrons. The fourth-order valence-electron chi connectivity index (χ4n) is 4.39. The topological polar surface area (TPSA) is 96.0 Å². The summed E-state index contributed by atoms with van der Waals surface area (Å²) >= 11 is 0. The van der Waals surface area contributed by atoms with Gasteiger partial charge in [-0.15, -0.1) is 0 Å². The van der Waals surface area contributed by atoms with Crippen LogP contribution in [0.3, 0.4) is 0 Å². The summed E-state index contributed by atoms with van der Waals surface area (Å²) in [5.74, 6) is -0.443. The molecule has 1 N–H and O–H groups in total. The number of rotatable bonds is 13. The molecule has 0 aliphatic heterocycles. The maximum absolute atomic E-state index is 14.1.